The molecule has 0 spiro atoms. The van der Waals surface area contributed by atoms with Gasteiger partial charge in [0.1, 0.15) is 4.88 Å². The molecule has 0 saturated heterocycles. The van der Waals surface area contributed by atoms with E-state index in [0.717, 1.165) is 9.58 Å². The second kappa shape index (κ2) is 6.56. The normalized spacial score (nSPS) is 11.4. The molecule has 0 saturated carbocycles. The molecule has 0 aliphatic carbocycles. The van der Waals surface area contributed by atoms with Crippen LogP contribution in [0.2, 0.25) is 15.1 Å². The molecule has 22 heavy (non-hydrogen) atoms. The topological polar surface area (TPSA) is 41.5 Å². The van der Waals surface area contributed by atoms with Crippen molar-refractivity contribution in [2.24, 2.45) is 5.10 Å². The van der Waals surface area contributed by atoms with E-state index in [1.807, 2.05) is 17.5 Å². The van der Waals surface area contributed by atoms with E-state index in [9.17, 15) is 4.79 Å². The maximum absolute atomic E-state index is 12.2. The van der Waals surface area contributed by atoms with Gasteiger partial charge < -0.3 is 0 Å². The van der Waals surface area contributed by atoms with E-state index in [2.05, 4.69) is 10.5 Å². The second-order valence-corrected chi connectivity index (χ2v) is 7.47. The Bertz CT molecular complexity index is 872. The Morgan fingerprint density at radius 1 is 1.27 bits per heavy atom. The van der Waals surface area contributed by atoms with Gasteiger partial charge in [0.15, 0.2) is 0 Å². The molecule has 3 aromatic rings. The minimum absolute atomic E-state index is 0.311. The summed E-state index contributed by atoms with van der Waals surface area (Å²) in [6, 6.07) is 7.13. The molecule has 1 N–H and O–H groups in total. The zero-order valence-corrected chi connectivity index (χ0v) is 14.7. The fourth-order valence-corrected chi connectivity index (χ4v) is 4.68. The number of nitrogens with one attached hydrogen (secondary N) is 1. The first kappa shape index (κ1) is 15.8. The minimum atomic E-state index is -0.383. The number of nitrogens with zero attached hydrogens (tertiary/aromatic N) is 1. The molecule has 8 heteroatoms. The summed E-state index contributed by atoms with van der Waals surface area (Å²) in [5, 5.41) is 7.70. The van der Waals surface area contributed by atoms with E-state index in [1.54, 1.807) is 18.3 Å². The van der Waals surface area contributed by atoms with Crippen molar-refractivity contribution < 1.29 is 4.79 Å². The fraction of sp³-hybridized carbons (Fsp3) is 0. The summed E-state index contributed by atoms with van der Waals surface area (Å²) in [5.74, 6) is -0.383. The number of halogens is 3. The van der Waals surface area contributed by atoms with Gasteiger partial charge in [-0.25, -0.2) is 5.43 Å². The first-order valence-electron chi connectivity index (χ1n) is 6.00. The van der Waals surface area contributed by atoms with Crippen LogP contribution in [0.5, 0.6) is 0 Å². The van der Waals surface area contributed by atoms with Crippen LogP contribution in [-0.4, -0.2) is 12.1 Å². The molecule has 0 fully saturated rings. The SMILES string of the molecule is O=C(N/N=C/c1cccs1)c1sc2cc(Cl)cc(Cl)c2c1Cl. The maximum atomic E-state index is 12.2. The number of benzene rings is 1. The van der Waals surface area contributed by atoms with Gasteiger partial charge in [0.25, 0.3) is 5.91 Å². The van der Waals surface area contributed by atoms with Gasteiger partial charge in [-0.15, -0.1) is 22.7 Å². The molecular formula is C14H7Cl3N2OS2. The zero-order chi connectivity index (χ0) is 15.7. The molecule has 3 rings (SSSR count). The fourth-order valence-electron chi connectivity index (χ4n) is 1.83. The highest BCUT2D eigenvalue weighted by Crippen LogP contribution is 2.41. The molecule has 0 aliphatic heterocycles. The van der Waals surface area contributed by atoms with Crippen LogP contribution in [0.15, 0.2) is 34.7 Å². The summed E-state index contributed by atoms with van der Waals surface area (Å²) in [6.07, 6.45) is 1.58. The van der Waals surface area contributed by atoms with E-state index < -0.39 is 0 Å². The smallest absolute Gasteiger partial charge is 0.266 e. The summed E-state index contributed by atoms with van der Waals surface area (Å²) in [5.41, 5.74) is 2.46. The van der Waals surface area contributed by atoms with Crippen LogP contribution in [0.4, 0.5) is 0 Å². The van der Waals surface area contributed by atoms with Crippen LogP contribution in [0, 0.1) is 0 Å². The van der Waals surface area contributed by atoms with Gasteiger partial charge in [0, 0.05) is 20.0 Å². The lowest BCUT2D eigenvalue weighted by atomic mass is 10.2. The van der Waals surface area contributed by atoms with Crippen molar-refractivity contribution in [3.05, 3.63) is 54.5 Å². The third kappa shape index (κ3) is 3.14. The van der Waals surface area contributed by atoms with Gasteiger partial charge in [-0.1, -0.05) is 40.9 Å². The molecule has 1 amide bonds. The Labute approximate surface area is 149 Å². The highest BCUT2D eigenvalue weighted by molar-refractivity contribution is 7.21. The number of rotatable bonds is 3. The molecule has 0 aliphatic rings. The van der Waals surface area contributed by atoms with Crippen LogP contribution >= 0.6 is 57.5 Å². The number of hydrazone groups is 1. The minimum Gasteiger partial charge on any atom is -0.266 e. The number of hydrogen-bond acceptors (Lipinski definition) is 4. The van der Waals surface area contributed by atoms with Crippen LogP contribution in [0.3, 0.4) is 0 Å². The monoisotopic (exact) mass is 388 g/mol. The van der Waals surface area contributed by atoms with Gasteiger partial charge in [0.05, 0.1) is 16.3 Å². The van der Waals surface area contributed by atoms with Gasteiger partial charge in [0.2, 0.25) is 0 Å². The lowest BCUT2D eigenvalue weighted by molar-refractivity contribution is 0.0959. The van der Waals surface area contributed by atoms with Crippen LogP contribution < -0.4 is 5.43 Å². The third-order valence-electron chi connectivity index (χ3n) is 2.76. The molecule has 2 aromatic heterocycles. The summed E-state index contributed by atoms with van der Waals surface area (Å²) in [4.78, 5) is 13.5. The largest absolute Gasteiger partial charge is 0.283 e. The Morgan fingerprint density at radius 3 is 2.82 bits per heavy atom. The van der Waals surface area contributed by atoms with Crippen LogP contribution in [0.1, 0.15) is 14.5 Å². The zero-order valence-electron chi connectivity index (χ0n) is 10.8. The highest BCUT2D eigenvalue weighted by atomic mass is 35.5. The molecule has 112 valence electrons. The average Bonchev–Trinajstić information content (AvgIpc) is 3.06. The van der Waals surface area contributed by atoms with Gasteiger partial charge in [-0.2, -0.15) is 5.10 Å². The first-order valence-corrected chi connectivity index (χ1v) is 8.83. The number of carbonyl (C=O) groups is 1. The number of hydrogen-bond donors (Lipinski definition) is 1. The second-order valence-electron chi connectivity index (χ2n) is 4.22. The Hall–Kier alpha value is -1.11. The maximum Gasteiger partial charge on any atom is 0.283 e. The average molecular weight is 390 g/mol. The predicted octanol–water partition coefficient (Wildman–Crippen LogP) is 5.69. The van der Waals surface area contributed by atoms with Crippen molar-refractivity contribution >= 4 is 79.7 Å². The molecule has 0 radical (unpaired) electrons. The van der Waals surface area contributed by atoms with Gasteiger partial charge >= 0.3 is 0 Å². The molecule has 3 nitrogen and oxygen atoms in total. The van der Waals surface area contributed by atoms with Crippen molar-refractivity contribution in [1.29, 1.82) is 0 Å². The quantitative estimate of drug-likeness (QED) is 0.454. The van der Waals surface area contributed by atoms with Crippen molar-refractivity contribution in [1.82, 2.24) is 5.43 Å². The van der Waals surface area contributed by atoms with E-state index >= 15 is 0 Å². The van der Waals surface area contributed by atoms with Gasteiger partial charge in [-0.3, -0.25) is 4.79 Å². The molecule has 2 heterocycles. The number of fused-ring (bicyclic) bond motifs is 1. The molecule has 0 atom stereocenters. The Kier molecular flexibility index (Phi) is 4.70. The number of carbonyl (C=O) groups excluding carboxylic acids is 1. The van der Waals surface area contributed by atoms with E-state index in [4.69, 9.17) is 34.8 Å². The molecule has 1 aromatic carbocycles. The Balaban J connectivity index is 1.88. The van der Waals surface area contributed by atoms with Crippen molar-refractivity contribution in [3.63, 3.8) is 0 Å². The van der Waals surface area contributed by atoms with Crippen molar-refractivity contribution in [3.8, 4) is 0 Å². The summed E-state index contributed by atoms with van der Waals surface area (Å²) >= 11 is 21.1. The lowest BCUT2D eigenvalue weighted by Gasteiger charge is -1.97. The standard InChI is InChI=1S/C14H7Cl3N2OS2/c15-7-4-9(16)11-10(5-7)22-13(12(11)17)14(20)19-18-6-8-2-1-3-21-8/h1-6H,(H,19,20)/b18-6+. The van der Waals surface area contributed by atoms with Crippen molar-refractivity contribution in [2.45, 2.75) is 0 Å². The number of amides is 1. The van der Waals surface area contributed by atoms with E-state index in [1.165, 1.54) is 22.7 Å². The third-order valence-corrected chi connectivity index (χ3v) is 5.71. The summed E-state index contributed by atoms with van der Waals surface area (Å²) < 4.78 is 0.759. The van der Waals surface area contributed by atoms with Crippen LogP contribution in [-0.2, 0) is 0 Å². The molecule has 0 unspecified atom stereocenters. The molecule has 0 bridgehead atoms. The van der Waals surface area contributed by atoms with Crippen LogP contribution in [0.25, 0.3) is 10.1 Å². The van der Waals surface area contributed by atoms with E-state index in [-0.39, 0.29) is 5.91 Å². The summed E-state index contributed by atoms with van der Waals surface area (Å²) in [6.45, 7) is 0. The number of thiophene rings is 2. The first-order chi connectivity index (χ1) is 10.6. The predicted molar refractivity (Wildman–Crippen MR) is 96.2 cm³/mol. The van der Waals surface area contributed by atoms with E-state index in [0.29, 0.717) is 25.3 Å². The van der Waals surface area contributed by atoms with Crippen molar-refractivity contribution in [2.75, 3.05) is 0 Å². The Morgan fingerprint density at radius 2 is 2.09 bits per heavy atom. The summed E-state index contributed by atoms with van der Waals surface area (Å²) in [7, 11) is 0. The lowest BCUT2D eigenvalue weighted by Crippen LogP contribution is -2.16. The highest BCUT2D eigenvalue weighted by Gasteiger charge is 2.19. The van der Waals surface area contributed by atoms with Gasteiger partial charge in [-0.05, 0) is 23.6 Å². The molecular weight excluding hydrogens is 383 g/mol.